The fourth-order valence-corrected chi connectivity index (χ4v) is 2.70. The summed E-state index contributed by atoms with van der Waals surface area (Å²) in [7, 11) is 0. The number of aryl methyl sites for hydroxylation is 2. The summed E-state index contributed by atoms with van der Waals surface area (Å²) >= 11 is 0.953. The number of benzene rings is 1. The third kappa shape index (κ3) is 5.31. The standard InChI is InChI=1S/C16H19N5O4S/c1-2-10-3-5-11(6-4-10)18-13(22)9-26-16-20-19-12(7-8-14(23)24)15(25)21(16)17/h3-6H,2,7-9,17H2,1H3,(H,18,22)(H,23,24)/p-1. The highest BCUT2D eigenvalue weighted by Crippen LogP contribution is 2.14. The Morgan fingerprint density at radius 3 is 2.58 bits per heavy atom. The van der Waals surface area contributed by atoms with Gasteiger partial charge in [-0.25, -0.2) is 0 Å². The molecule has 0 aliphatic rings. The fourth-order valence-electron chi connectivity index (χ4n) is 2.05. The van der Waals surface area contributed by atoms with Crippen molar-refractivity contribution < 1.29 is 14.7 Å². The van der Waals surface area contributed by atoms with E-state index in [0.29, 0.717) is 5.69 Å². The van der Waals surface area contributed by atoms with Crippen LogP contribution in [0.5, 0.6) is 0 Å². The van der Waals surface area contributed by atoms with Gasteiger partial charge in [-0.1, -0.05) is 30.8 Å². The number of rotatable bonds is 8. The van der Waals surface area contributed by atoms with Gasteiger partial charge in [-0.05, 0) is 30.5 Å². The van der Waals surface area contributed by atoms with Crippen LogP contribution in [0.4, 0.5) is 5.69 Å². The average molecular weight is 376 g/mol. The van der Waals surface area contributed by atoms with E-state index in [2.05, 4.69) is 15.5 Å². The number of aliphatic carboxylic acids is 1. The highest BCUT2D eigenvalue weighted by atomic mass is 32.2. The zero-order valence-corrected chi connectivity index (χ0v) is 14.9. The van der Waals surface area contributed by atoms with Crippen molar-refractivity contribution in [1.29, 1.82) is 0 Å². The van der Waals surface area contributed by atoms with E-state index >= 15 is 0 Å². The molecule has 0 radical (unpaired) electrons. The van der Waals surface area contributed by atoms with Gasteiger partial charge in [0.15, 0.2) is 0 Å². The molecule has 0 atom stereocenters. The van der Waals surface area contributed by atoms with Gasteiger partial charge in [0.2, 0.25) is 11.1 Å². The molecular weight excluding hydrogens is 358 g/mol. The number of nitrogen functional groups attached to an aromatic ring is 1. The molecule has 138 valence electrons. The van der Waals surface area contributed by atoms with E-state index in [1.165, 1.54) is 5.56 Å². The molecule has 0 aliphatic carbocycles. The summed E-state index contributed by atoms with van der Waals surface area (Å²) in [5, 5.41) is 20.7. The predicted octanol–water partition coefficient (Wildman–Crippen LogP) is -0.672. The quantitative estimate of drug-likeness (QED) is 0.456. The molecule has 1 aromatic carbocycles. The average Bonchev–Trinajstić information content (AvgIpc) is 2.62. The van der Waals surface area contributed by atoms with E-state index in [4.69, 9.17) is 5.84 Å². The van der Waals surface area contributed by atoms with Gasteiger partial charge in [-0.3, -0.25) is 9.59 Å². The van der Waals surface area contributed by atoms with Crippen LogP contribution in [0, 0.1) is 0 Å². The summed E-state index contributed by atoms with van der Waals surface area (Å²) in [6.07, 6.45) is 0.440. The molecule has 0 bridgehead atoms. The van der Waals surface area contributed by atoms with Crippen LogP contribution in [0.3, 0.4) is 0 Å². The second-order valence-corrected chi connectivity index (χ2v) is 6.31. The van der Waals surface area contributed by atoms with E-state index in [1.807, 2.05) is 31.2 Å². The Hall–Kier alpha value is -2.88. The van der Waals surface area contributed by atoms with E-state index in [1.54, 1.807) is 0 Å². The van der Waals surface area contributed by atoms with Gasteiger partial charge in [0, 0.05) is 18.1 Å². The smallest absolute Gasteiger partial charge is 0.294 e. The summed E-state index contributed by atoms with van der Waals surface area (Å²) in [6.45, 7) is 2.04. The first-order chi connectivity index (χ1) is 12.4. The number of aromatic nitrogens is 3. The monoisotopic (exact) mass is 376 g/mol. The van der Waals surface area contributed by atoms with Crippen LogP contribution in [-0.4, -0.2) is 32.5 Å². The van der Waals surface area contributed by atoms with Crippen LogP contribution >= 0.6 is 11.8 Å². The second-order valence-electron chi connectivity index (χ2n) is 5.36. The maximum absolute atomic E-state index is 12.0. The van der Waals surface area contributed by atoms with Crippen molar-refractivity contribution in [3.05, 3.63) is 45.9 Å². The summed E-state index contributed by atoms with van der Waals surface area (Å²) in [5.74, 6) is 4.05. The van der Waals surface area contributed by atoms with Crippen LogP contribution in [0.15, 0.2) is 34.2 Å². The summed E-state index contributed by atoms with van der Waals surface area (Å²) in [4.78, 5) is 34.5. The molecule has 1 aromatic heterocycles. The number of thioether (sulfide) groups is 1. The summed E-state index contributed by atoms with van der Waals surface area (Å²) in [6, 6.07) is 7.48. The van der Waals surface area contributed by atoms with Gasteiger partial charge in [0.1, 0.15) is 5.69 Å². The summed E-state index contributed by atoms with van der Waals surface area (Å²) in [5.41, 5.74) is 1.11. The Morgan fingerprint density at radius 1 is 1.27 bits per heavy atom. The number of anilines is 1. The highest BCUT2D eigenvalue weighted by molar-refractivity contribution is 7.99. The molecule has 1 heterocycles. The van der Waals surface area contributed by atoms with Gasteiger partial charge >= 0.3 is 0 Å². The van der Waals surface area contributed by atoms with Gasteiger partial charge < -0.3 is 21.1 Å². The first kappa shape index (κ1) is 19.4. The fraction of sp³-hybridized carbons (Fsp3) is 0.312. The number of carbonyl (C=O) groups is 2. The number of carboxylic acid groups (broad SMARTS) is 1. The Balaban J connectivity index is 1.95. The van der Waals surface area contributed by atoms with Crippen molar-refractivity contribution in [3.63, 3.8) is 0 Å². The van der Waals surface area contributed by atoms with E-state index in [0.717, 1.165) is 22.9 Å². The van der Waals surface area contributed by atoms with Crippen LogP contribution in [0.1, 0.15) is 24.6 Å². The number of amides is 1. The number of carbonyl (C=O) groups excluding carboxylic acids is 2. The number of hydrogen-bond acceptors (Lipinski definition) is 8. The Morgan fingerprint density at radius 2 is 1.96 bits per heavy atom. The van der Waals surface area contributed by atoms with E-state index in [9.17, 15) is 19.5 Å². The molecule has 10 heteroatoms. The maximum atomic E-state index is 12.0. The van der Waals surface area contributed by atoms with Crippen molar-refractivity contribution in [1.82, 2.24) is 14.9 Å². The lowest BCUT2D eigenvalue weighted by molar-refractivity contribution is -0.305. The Labute approximate surface area is 153 Å². The molecule has 2 rings (SSSR count). The Bertz CT molecular complexity index is 851. The minimum atomic E-state index is -1.29. The molecule has 0 fully saturated rings. The zero-order chi connectivity index (χ0) is 19.1. The molecule has 1 amide bonds. The molecule has 0 spiro atoms. The van der Waals surface area contributed by atoms with Gasteiger partial charge in [-0.15, -0.1) is 10.2 Å². The highest BCUT2D eigenvalue weighted by Gasteiger charge is 2.12. The number of nitrogens with one attached hydrogen (secondary N) is 1. The molecule has 26 heavy (non-hydrogen) atoms. The second kappa shape index (κ2) is 8.99. The topological polar surface area (TPSA) is 143 Å². The van der Waals surface area contributed by atoms with Crippen molar-refractivity contribution in [3.8, 4) is 0 Å². The van der Waals surface area contributed by atoms with Crippen molar-refractivity contribution in [2.75, 3.05) is 16.9 Å². The van der Waals surface area contributed by atoms with Gasteiger partial charge in [0.05, 0.1) is 5.75 Å². The van der Waals surface area contributed by atoms with Crippen LogP contribution in [0.2, 0.25) is 0 Å². The van der Waals surface area contributed by atoms with Crippen LogP contribution in [-0.2, 0) is 22.4 Å². The van der Waals surface area contributed by atoms with Crippen LogP contribution in [0.25, 0.3) is 0 Å². The third-order valence-corrected chi connectivity index (χ3v) is 4.42. The number of hydrogen-bond donors (Lipinski definition) is 2. The molecule has 0 aliphatic heterocycles. The normalized spacial score (nSPS) is 10.5. The predicted molar refractivity (Wildman–Crippen MR) is 94.9 cm³/mol. The first-order valence-corrected chi connectivity index (χ1v) is 8.84. The van der Waals surface area contributed by atoms with Crippen molar-refractivity contribution >= 4 is 29.3 Å². The minimum absolute atomic E-state index is 0.0146. The first-order valence-electron chi connectivity index (χ1n) is 7.85. The zero-order valence-electron chi connectivity index (χ0n) is 14.1. The lowest BCUT2D eigenvalue weighted by Crippen LogP contribution is -2.34. The lowest BCUT2D eigenvalue weighted by atomic mass is 10.1. The Kier molecular flexibility index (Phi) is 6.73. The number of carboxylic acids is 1. The van der Waals surface area contributed by atoms with Crippen LogP contribution < -0.4 is 21.8 Å². The van der Waals surface area contributed by atoms with E-state index in [-0.39, 0.29) is 35.4 Å². The minimum Gasteiger partial charge on any atom is -0.550 e. The lowest BCUT2D eigenvalue weighted by Gasteiger charge is -2.08. The maximum Gasteiger partial charge on any atom is 0.294 e. The molecular formula is C16H18N5O4S-. The molecule has 0 saturated heterocycles. The molecule has 2 aromatic rings. The SMILES string of the molecule is CCc1ccc(NC(=O)CSc2nnc(CCC(=O)[O-])c(=O)n2N)cc1. The molecule has 0 saturated carbocycles. The van der Waals surface area contributed by atoms with E-state index < -0.39 is 11.5 Å². The molecule has 0 unspecified atom stereocenters. The largest absolute Gasteiger partial charge is 0.550 e. The van der Waals surface area contributed by atoms with Crippen molar-refractivity contribution in [2.45, 2.75) is 31.3 Å². The van der Waals surface area contributed by atoms with Gasteiger partial charge in [0.25, 0.3) is 5.56 Å². The molecule has 9 nitrogen and oxygen atoms in total. The molecule has 3 N–H and O–H groups in total. The summed E-state index contributed by atoms with van der Waals surface area (Å²) < 4.78 is 0.756. The van der Waals surface area contributed by atoms with Crippen molar-refractivity contribution in [2.24, 2.45) is 0 Å². The number of nitrogens with zero attached hydrogens (tertiary/aromatic N) is 3. The third-order valence-electron chi connectivity index (χ3n) is 3.47. The number of nitrogens with two attached hydrogens (primary N) is 1. The van der Waals surface area contributed by atoms with Gasteiger partial charge in [-0.2, -0.15) is 4.68 Å².